The van der Waals surface area contributed by atoms with Crippen molar-refractivity contribution in [2.45, 2.75) is 6.42 Å². The number of H-pyrrole nitrogens is 1. The summed E-state index contributed by atoms with van der Waals surface area (Å²) in [5, 5.41) is 7.77. The minimum absolute atomic E-state index is 0.570. The second-order valence-electron chi connectivity index (χ2n) is 4.76. The van der Waals surface area contributed by atoms with E-state index in [9.17, 15) is 0 Å². The van der Waals surface area contributed by atoms with Gasteiger partial charge in [0.2, 0.25) is 0 Å². The van der Waals surface area contributed by atoms with Crippen molar-refractivity contribution in [3.63, 3.8) is 0 Å². The zero-order chi connectivity index (χ0) is 15.5. The van der Waals surface area contributed by atoms with Gasteiger partial charge in [0.1, 0.15) is 11.6 Å². The molecule has 1 aromatic heterocycles. The SMILES string of the molecule is COc1ccc(Cc2n[nH]c(=S)n2-c2ccccc2)cc1Cl. The van der Waals surface area contributed by atoms with Gasteiger partial charge in [0, 0.05) is 12.1 Å². The number of rotatable bonds is 4. The van der Waals surface area contributed by atoms with Gasteiger partial charge in [-0.1, -0.05) is 35.9 Å². The van der Waals surface area contributed by atoms with Crippen molar-refractivity contribution in [3.05, 3.63) is 69.7 Å². The maximum Gasteiger partial charge on any atom is 0.199 e. The molecule has 0 amide bonds. The highest BCUT2D eigenvalue weighted by Crippen LogP contribution is 2.26. The quantitative estimate of drug-likeness (QED) is 0.729. The van der Waals surface area contributed by atoms with E-state index in [1.807, 2.05) is 53.1 Å². The average Bonchev–Trinajstić information content (AvgIpc) is 2.89. The van der Waals surface area contributed by atoms with Gasteiger partial charge in [0.05, 0.1) is 12.1 Å². The topological polar surface area (TPSA) is 42.8 Å². The largest absolute Gasteiger partial charge is 0.495 e. The van der Waals surface area contributed by atoms with Gasteiger partial charge in [0.25, 0.3) is 0 Å². The lowest BCUT2D eigenvalue weighted by atomic mass is 10.1. The molecule has 0 spiro atoms. The number of nitrogens with zero attached hydrogens (tertiary/aromatic N) is 2. The zero-order valence-electron chi connectivity index (χ0n) is 11.9. The average molecular weight is 332 g/mol. The van der Waals surface area contributed by atoms with Crippen molar-refractivity contribution < 1.29 is 4.74 Å². The van der Waals surface area contributed by atoms with E-state index >= 15 is 0 Å². The third-order valence-corrected chi connectivity index (χ3v) is 3.90. The summed E-state index contributed by atoms with van der Waals surface area (Å²) in [7, 11) is 1.60. The molecule has 22 heavy (non-hydrogen) atoms. The second kappa shape index (κ2) is 6.34. The predicted octanol–water partition coefficient (Wildman–Crippen LogP) is 4.18. The van der Waals surface area contributed by atoms with Crippen molar-refractivity contribution >= 4 is 23.8 Å². The molecule has 0 bridgehead atoms. The van der Waals surface area contributed by atoms with Crippen LogP contribution in [0.1, 0.15) is 11.4 Å². The van der Waals surface area contributed by atoms with Crippen LogP contribution in [-0.2, 0) is 6.42 Å². The van der Waals surface area contributed by atoms with Crippen LogP contribution in [0.25, 0.3) is 5.69 Å². The molecule has 1 N–H and O–H groups in total. The van der Waals surface area contributed by atoms with Gasteiger partial charge in [0.15, 0.2) is 4.77 Å². The number of aromatic amines is 1. The van der Waals surface area contributed by atoms with Crippen molar-refractivity contribution in [2.75, 3.05) is 7.11 Å². The van der Waals surface area contributed by atoms with Gasteiger partial charge in [-0.15, -0.1) is 0 Å². The molecule has 112 valence electrons. The van der Waals surface area contributed by atoms with Gasteiger partial charge >= 0.3 is 0 Å². The summed E-state index contributed by atoms with van der Waals surface area (Å²) in [5.74, 6) is 1.49. The molecule has 0 aliphatic heterocycles. The first-order valence-corrected chi connectivity index (χ1v) is 7.52. The third-order valence-electron chi connectivity index (χ3n) is 3.33. The highest BCUT2D eigenvalue weighted by atomic mass is 35.5. The van der Waals surface area contributed by atoms with Crippen LogP contribution in [0.4, 0.5) is 0 Å². The van der Waals surface area contributed by atoms with Crippen LogP contribution in [0.5, 0.6) is 5.75 Å². The highest BCUT2D eigenvalue weighted by molar-refractivity contribution is 7.71. The maximum absolute atomic E-state index is 6.18. The number of ether oxygens (including phenoxy) is 1. The van der Waals surface area contributed by atoms with Gasteiger partial charge in [-0.2, -0.15) is 5.10 Å². The Labute approximate surface area is 138 Å². The van der Waals surface area contributed by atoms with Crippen molar-refractivity contribution in [2.24, 2.45) is 0 Å². The molecule has 2 aromatic carbocycles. The van der Waals surface area contributed by atoms with Crippen LogP contribution < -0.4 is 4.74 Å². The number of hydrogen-bond acceptors (Lipinski definition) is 3. The van der Waals surface area contributed by atoms with E-state index in [4.69, 9.17) is 28.6 Å². The lowest BCUT2D eigenvalue weighted by Crippen LogP contribution is -2.02. The maximum atomic E-state index is 6.18. The Kier molecular flexibility index (Phi) is 4.27. The number of hydrogen-bond donors (Lipinski definition) is 1. The lowest BCUT2D eigenvalue weighted by molar-refractivity contribution is 0.415. The molecule has 1 heterocycles. The van der Waals surface area contributed by atoms with Gasteiger partial charge in [-0.05, 0) is 42.0 Å². The van der Waals surface area contributed by atoms with Crippen LogP contribution in [0.2, 0.25) is 5.02 Å². The number of halogens is 1. The summed E-state index contributed by atoms with van der Waals surface area (Å²) in [5.41, 5.74) is 2.02. The standard InChI is InChI=1S/C16H14ClN3OS/c1-21-14-8-7-11(9-13(14)17)10-15-18-19-16(22)20(15)12-5-3-2-4-6-12/h2-9H,10H2,1H3,(H,19,22). The molecule has 0 radical (unpaired) electrons. The van der Waals surface area contributed by atoms with E-state index in [0.29, 0.717) is 22.0 Å². The summed E-state index contributed by atoms with van der Waals surface area (Å²) in [6.45, 7) is 0. The first kappa shape index (κ1) is 14.8. The van der Waals surface area contributed by atoms with Crippen molar-refractivity contribution in [3.8, 4) is 11.4 Å². The summed E-state index contributed by atoms with van der Waals surface area (Å²) >= 11 is 11.5. The Morgan fingerprint density at radius 1 is 1.23 bits per heavy atom. The summed E-state index contributed by atoms with van der Waals surface area (Å²) in [4.78, 5) is 0. The highest BCUT2D eigenvalue weighted by Gasteiger charge is 2.10. The Morgan fingerprint density at radius 2 is 2.00 bits per heavy atom. The molecule has 6 heteroatoms. The number of nitrogens with one attached hydrogen (secondary N) is 1. The van der Waals surface area contributed by atoms with E-state index in [-0.39, 0.29) is 0 Å². The minimum atomic E-state index is 0.570. The fraction of sp³-hybridized carbons (Fsp3) is 0.125. The molecular weight excluding hydrogens is 318 g/mol. The Hall–Kier alpha value is -2.11. The van der Waals surface area contributed by atoms with Crippen molar-refractivity contribution in [1.29, 1.82) is 0 Å². The lowest BCUT2D eigenvalue weighted by Gasteiger charge is -2.08. The third kappa shape index (κ3) is 2.91. The van der Waals surface area contributed by atoms with Crippen molar-refractivity contribution in [1.82, 2.24) is 14.8 Å². The molecule has 0 fully saturated rings. The molecule has 0 saturated carbocycles. The Balaban J connectivity index is 1.97. The minimum Gasteiger partial charge on any atom is -0.495 e. The normalized spacial score (nSPS) is 10.6. The number of benzene rings is 2. The number of aromatic nitrogens is 3. The monoisotopic (exact) mass is 331 g/mol. The summed E-state index contributed by atoms with van der Waals surface area (Å²) < 4.78 is 7.67. The van der Waals surface area contributed by atoms with E-state index in [1.165, 1.54) is 0 Å². The first-order valence-electron chi connectivity index (χ1n) is 6.73. The van der Waals surface area contributed by atoms with E-state index < -0.39 is 0 Å². The Morgan fingerprint density at radius 3 is 2.68 bits per heavy atom. The fourth-order valence-electron chi connectivity index (χ4n) is 2.29. The van der Waals surface area contributed by atoms with E-state index in [0.717, 1.165) is 17.1 Å². The van der Waals surface area contributed by atoms with Crippen LogP contribution >= 0.6 is 23.8 Å². The van der Waals surface area contributed by atoms with Crippen LogP contribution in [0.15, 0.2) is 48.5 Å². The van der Waals surface area contributed by atoms with Crippen LogP contribution in [-0.4, -0.2) is 21.9 Å². The number of para-hydroxylation sites is 1. The summed E-state index contributed by atoms with van der Waals surface area (Å²) in [6.07, 6.45) is 0.617. The van der Waals surface area contributed by atoms with Gasteiger partial charge in [-0.25, -0.2) is 0 Å². The smallest absolute Gasteiger partial charge is 0.199 e. The van der Waals surface area contributed by atoms with E-state index in [1.54, 1.807) is 7.11 Å². The number of methoxy groups -OCH3 is 1. The van der Waals surface area contributed by atoms with Gasteiger partial charge < -0.3 is 4.74 Å². The molecule has 3 aromatic rings. The molecular formula is C16H14ClN3OS. The molecule has 0 saturated heterocycles. The molecule has 0 aliphatic rings. The molecule has 0 unspecified atom stereocenters. The molecule has 4 nitrogen and oxygen atoms in total. The second-order valence-corrected chi connectivity index (χ2v) is 5.56. The molecule has 3 rings (SSSR count). The first-order chi connectivity index (χ1) is 10.7. The molecule has 0 atom stereocenters. The van der Waals surface area contributed by atoms with Crippen LogP contribution in [0, 0.1) is 4.77 Å². The Bertz CT molecular complexity index is 842. The zero-order valence-corrected chi connectivity index (χ0v) is 13.5. The molecule has 0 aliphatic carbocycles. The fourth-order valence-corrected chi connectivity index (χ4v) is 2.83. The van der Waals surface area contributed by atoms with Gasteiger partial charge in [-0.3, -0.25) is 9.67 Å². The van der Waals surface area contributed by atoms with Crippen LogP contribution in [0.3, 0.4) is 0 Å². The predicted molar refractivity (Wildman–Crippen MR) is 89.6 cm³/mol. The van der Waals surface area contributed by atoms with E-state index in [2.05, 4.69) is 10.2 Å². The summed E-state index contributed by atoms with van der Waals surface area (Å²) in [6, 6.07) is 15.6.